The van der Waals surface area contributed by atoms with E-state index in [0.29, 0.717) is 12.5 Å². The summed E-state index contributed by atoms with van der Waals surface area (Å²) in [6.45, 7) is 6.75. The number of hydrogen-bond donors (Lipinski definition) is 1. The molecule has 100 valence electrons. The van der Waals surface area contributed by atoms with Gasteiger partial charge in [0.05, 0.1) is 0 Å². The number of amides is 1. The first kappa shape index (κ1) is 15.3. The van der Waals surface area contributed by atoms with E-state index in [9.17, 15) is 4.79 Å². The molecule has 1 N–H and O–H groups in total. The standard InChI is InChI=1S/C14H20INO2/c1-10(2)7-8-16-14(17)11(3)18-13-6-4-5-12(15)9-13/h4-6,9-11H,7-8H2,1-3H3,(H,16,17). The molecule has 1 unspecified atom stereocenters. The van der Waals surface area contributed by atoms with Crippen LogP contribution in [0.2, 0.25) is 0 Å². The zero-order chi connectivity index (χ0) is 13.5. The number of carbonyl (C=O) groups is 1. The molecule has 1 atom stereocenters. The van der Waals surface area contributed by atoms with Gasteiger partial charge in [-0.15, -0.1) is 0 Å². The summed E-state index contributed by atoms with van der Waals surface area (Å²) in [5, 5.41) is 2.88. The van der Waals surface area contributed by atoms with Gasteiger partial charge in [-0.25, -0.2) is 0 Å². The highest BCUT2D eigenvalue weighted by Gasteiger charge is 2.14. The highest BCUT2D eigenvalue weighted by Crippen LogP contribution is 2.16. The SMILES string of the molecule is CC(C)CCNC(=O)C(C)Oc1cccc(I)c1. The predicted molar refractivity (Wildman–Crippen MR) is 81.7 cm³/mol. The molecule has 0 aliphatic carbocycles. The van der Waals surface area contributed by atoms with Crippen LogP contribution in [0.3, 0.4) is 0 Å². The monoisotopic (exact) mass is 361 g/mol. The summed E-state index contributed by atoms with van der Waals surface area (Å²) in [5.74, 6) is 1.26. The molecule has 0 heterocycles. The number of hydrogen-bond acceptors (Lipinski definition) is 2. The Labute approximate surface area is 122 Å². The van der Waals surface area contributed by atoms with Gasteiger partial charge in [-0.3, -0.25) is 4.79 Å². The Morgan fingerprint density at radius 1 is 1.39 bits per heavy atom. The van der Waals surface area contributed by atoms with Crippen molar-refractivity contribution >= 4 is 28.5 Å². The predicted octanol–water partition coefficient (Wildman–Crippen LogP) is 3.22. The number of benzene rings is 1. The number of halogens is 1. The van der Waals surface area contributed by atoms with Crippen molar-refractivity contribution in [2.45, 2.75) is 33.3 Å². The van der Waals surface area contributed by atoms with Crippen LogP contribution >= 0.6 is 22.6 Å². The average molecular weight is 361 g/mol. The Bertz CT molecular complexity index is 393. The largest absolute Gasteiger partial charge is 0.481 e. The molecule has 4 heteroatoms. The van der Waals surface area contributed by atoms with Crippen molar-refractivity contribution in [3.63, 3.8) is 0 Å². The lowest BCUT2D eigenvalue weighted by Gasteiger charge is -2.15. The van der Waals surface area contributed by atoms with Crippen LogP contribution in [0.1, 0.15) is 27.2 Å². The molecule has 0 aliphatic rings. The van der Waals surface area contributed by atoms with E-state index in [1.54, 1.807) is 6.92 Å². The van der Waals surface area contributed by atoms with E-state index in [-0.39, 0.29) is 5.91 Å². The summed E-state index contributed by atoms with van der Waals surface area (Å²) in [7, 11) is 0. The van der Waals surface area contributed by atoms with Gasteiger partial charge in [0.2, 0.25) is 0 Å². The summed E-state index contributed by atoms with van der Waals surface area (Å²) in [6.07, 6.45) is 0.525. The summed E-state index contributed by atoms with van der Waals surface area (Å²) >= 11 is 2.22. The lowest BCUT2D eigenvalue weighted by Crippen LogP contribution is -2.37. The van der Waals surface area contributed by atoms with E-state index in [1.807, 2.05) is 24.3 Å². The first-order valence-corrected chi connectivity index (χ1v) is 7.27. The zero-order valence-corrected chi connectivity index (χ0v) is 13.2. The third-order valence-electron chi connectivity index (χ3n) is 2.50. The zero-order valence-electron chi connectivity index (χ0n) is 11.1. The van der Waals surface area contributed by atoms with Gasteiger partial charge in [0.25, 0.3) is 5.91 Å². The molecule has 1 aromatic carbocycles. The third-order valence-corrected chi connectivity index (χ3v) is 3.17. The lowest BCUT2D eigenvalue weighted by molar-refractivity contribution is -0.127. The van der Waals surface area contributed by atoms with Gasteiger partial charge in [0, 0.05) is 10.1 Å². The van der Waals surface area contributed by atoms with Gasteiger partial charge in [-0.1, -0.05) is 19.9 Å². The maximum Gasteiger partial charge on any atom is 0.260 e. The first-order valence-electron chi connectivity index (χ1n) is 6.19. The molecule has 3 nitrogen and oxygen atoms in total. The molecule has 0 aliphatic heterocycles. The second-order valence-corrected chi connectivity index (χ2v) is 5.94. The maximum atomic E-state index is 11.8. The van der Waals surface area contributed by atoms with Crippen molar-refractivity contribution in [1.82, 2.24) is 5.32 Å². The van der Waals surface area contributed by atoms with Gasteiger partial charge in [0.1, 0.15) is 5.75 Å². The molecule has 1 aromatic rings. The lowest BCUT2D eigenvalue weighted by atomic mass is 10.1. The Kier molecular flexibility index (Phi) is 6.46. The minimum Gasteiger partial charge on any atom is -0.481 e. The van der Waals surface area contributed by atoms with E-state index in [0.717, 1.165) is 15.7 Å². The molecular weight excluding hydrogens is 341 g/mol. The molecule has 0 fully saturated rings. The number of ether oxygens (including phenoxy) is 1. The second kappa shape index (κ2) is 7.61. The van der Waals surface area contributed by atoms with Crippen LogP contribution in [0.15, 0.2) is 24.3 Å². The van der Waals surface area contributed by atoms with Crippen LogP contribution in [-0.2, 0) is 4.79 Å². The summed E-state index contributed by atoms with van der Waals surface area (Å²) < 4.78 is 6.69. The molecule has 0 saturated carbocycles. The van der Waals surface area contributed by atoms with Crippen LogP contribution in [0.4, 0.5) is 0 Å². The van der Waals surface area contributed by atoms with Crippen LogP contribution in [0, 0.1) is 9.49 Å². The van der Waals surface area contributed by atoms with Crippen molar-refractivity contribution in [2.75, 3.05) is 6.54 Å². The third kappa shape index (κ3) is 5.71. The Hall–Kier alpha value is -0.780. The Morgan fingerprint density at radius 2 is 2.11 bits per heavy atom. The fourth-order valence-electron chi connectivity index (χ4n) is 1.43. The van der Waals surface area contributed by atoms with E-state index in [2.05, 4.69) is 41.8 Å². The molecule has 1 rings (SSSR count). The van der Waals surface area contributed by atoms with Crippen molar-refractivity contribution in [3.8, 4) is 5.75 Å². The van der Waals surface area contributed by atoms with Gasteiger partial charge >= 0.3 is 0 Å². The van der Waals surface area contributed by atoms with Crippen molar-refractivity contribution in [1.29, 1.82) is 0 Å². The number of nitrogens with one attached hydrogen (secondary N) is 1. The van der Waals surface area contributed by atoms with Crippen LogP contribution in [0.25, 0.3) is 0 Å². The normalized spacial score (nSPS) is 12.3. The van der Waals surface area contributed by atoms with Gasteiger partial charge < -0.3 is 10.1 Å². The topological polar surface area (TPSA) is 38.3 Å². The quantitative estimate of drug-likeness (QED) is 0.791. The minimum atomic E-state index is -0.463. The van der Waals surface area contributed by atoms with Crippen LogP contribution in [-0.4, -0.2) is 18.6 Å². The first-order chi connectivity index (χ1) is 8.49. The minimum absolute atomic E-state index is 0.0606. The summed E-state index contributed by atoms with van der Waals surface area (Å²) in [6, 6.07) is 7.68. The highest BCUT2D eigenvalue weighted by molar-refractivity contribution is 14.1. The van der Waals surface area contributed by atoms with Crippen molar-refractivity contribution in [2.24, 2.45) is 5.92 Å². The smallest absolute Gasteiger partial charge is 0.260 e. The highest BCUT2D eigenvalue weighted by atomic mass is 127. The second-order valence-electron chi connectivity index (χ2n) is 4.69. The molecule has 0 bridgehead atoms. The fourth-order valence-corrected chi connectivity index (χ4v) is 1.94. The number of carbonyl (C=O) groups excluding carboxylic acids is 1. The van der Waals surface area contributed by atoms with Crippen molar-refractivity contribution < 1.29 is 9.53 Å². The van der Waals surface area contributed by atoms with E-state index >= 15 is 0 Å². The maximum absolute atomic E-state index is 11.8. The van der Waals surface area contributed by atoms with E-state index in [4.69, 9.17) is 4.74 Å². The number of rotatable bonds is 6. The molecule has 0 aromatic heterocycles. The molecule has 1 amide bonds. The summed E-state index contributed by atoms with van der Waals surface area (Å²) in [4.78, 5) is 11.8. The molecular formula is C14H20INO2. The van der Waals surface area contributed by atoms with Gasteiger partial charge in [-0.05, 0) is 60.1 Å². The van der Waals surface area contributed by atoms with Gasteiger partial charge in [-0.2, -0.15) is 0 Å². The molecule has 18 heavy (non-hydrogen) atoms. The average Bonchev–Trinajstić information content (AvgIpc) is 2.28. The Balaban J connectivity index is 2.40. The van der Waals surface area contributed by atoms with Crippen LogP contribution in [0.5, 0.6) is 5.75 Å². The van der Waals surface area contributed by atoms with Crippen LogP contribution < -0.4 is 10.1 Å². The molecule has 0 radical (unpaired) electrons. The van der Waals surface area contributed by atoms with E-state index < -0.39 is 6.10 Å². The molecule has 0 spiro atoms. The summed E-state index contributed by atoms with van der Waals surface area (Å²) in [5.41, 5.74) is 0. The van der Waals surface area contributed by atoms with E-state index in [1.165, 1.54) is 0 Å². The Morgan fingerprint density at radius 3 is 2.72 bits per heavy atom. The molecule has 0 saturated heterocycles. The van der Waals surface area contributed by atoms with Crippen molar-refractivity contribution in [3.05, 3.63) is 27.8 Å². The van der Waals surface area contributed by atoms with Gasteiger partial charge in [0.15, 0.2) is 6.10 Å². The fraction of sp³-hybridized carbons (Fsp3) is 0.500.